The lowest BCUT2D eigenvalue weighted by molar-refractivity contribution is -0.128. The van der Waals surface area contributed by atoms with Crippen molar-refractivity contribution in [1.82, 2.24) is 9.62 Å². The lowest BCUT2D eigenvalue weighted by Crippen LogP contribution is -2.50. The maximum atomic E-state index is 12.7. The molecule has 1 heterocycles. The Morgan fingerprint density at radius 1 is 1.35 bits per heavy atom. The van der Waals surface area contributed by atoms with Crippen LogP contribution in [0.5, 0.6) is 0 Å². The number of benzene rings is 1. The molecule has 5 nitrogen and oxygen atoms in total. The Balaban J connectivity index is 2.11. The maximum absolute atomic E-state index is 12.7. The van der Waals surface area contributed by atoms with E-state index in [1.54, 1.807) is 0 Å². The highest BCUT2D eigenvalue weighted by Gasteiger charge is 2.34. The monoisotopic (exact) mass is 338 g/mol. The van der Waals surface area contributed by atoms with Gasteiger partial charge in [0.15, 0.2) is 0 Å². The summed E-state index contributed by atoms with van der Waals surface area (Å²) in [5.74, 6) is -0.348. The Hall–Kier alpha value is -1.40. The molecule has 1 aliphatic rings. The molecule has 0 aromatic heterocycles. The highest BCUT2D eigenvalue weighted by Crippen LogP contribution is 2.26. The first-order valence-electron chi connectivity index (χ1n) is 8.09. The van der Waals surface area contributed by atoms with Crippen molar-refractivity contribution in [3.05, 3.63) is 35.9 Å². The third kappa shape index (κ3) is 4.32. The van der Waals surface area contributed by atoms with Crippen LogP contribution in [0.2, 0.25) is 0 Å². The van der Waals surface area contributed by atoms with Crippen molar-refractivity contribution < 1.29 is 13.2 Å². The van der Waals surface area contributed by atoms with Gasteiger partial charge in [-0.25, -0.2) is 12.7 Å². The molecule has 1 saturated heterocycles. The van der Waals surface area contributed by atoms with Crippen LogP contribution in [0, 0.1) is 5.92 Å². The van der Waals surface area contributed by atoms with Crippen molar-refractivity contribution in [2.24, 2.45) is 5.92 Å². The van der Waals surface area contributed by atoms with Crippen molar-refractivity contribution in [2.75, 3.05) is 19.3 Å². The molecule has 1 amide bonds. The summed E-state index contributed by atoms with van der Waals surface area (Å²) in [6.45, 7) is 4.83. The summed E-state index contributed by atoms with van der Waals surface area (Å²) in [6.07, 6.45) is 3.42. The van der Waals surface area contributed by atoms with Crippen molar-refractivity contribution in [3.63, 3.8) is 0 Å². The van der Waals surface area contributed by atoms with Crippen molar-refractivity contribution in [1.29, 1.82) is 0 Å². The largest absolute Gasteiger partial charge is 0.347 e. The number of sulfonamides is 1. The second kappa shape index (κ2) is 7.01. The van der Waals surface area contributed by atoms with Gasteiger partial charge in [-0.1, -0.05) is 37.3 Å². The third-order valence-corrected chi connectivity index (χ3v) is 6.01. The molecule has 0 bridgehead atoms. The SMILES string of the molecule is CC[C@@](C)(NC(=O)[C@@H]1CCCN(S(C)(=O)=O)C1)c1ccccc1. The van der Waals surface area contributed by atoms with Gasteiger partial charge < -0.3 is 5.32 Å². The van der Waals surface area contributed by atoms with Crippen LogP contribution < -0.4 is 5.32 Å². The second-order valence-corrected chi connectivity index (χ2v) is 8.48. The highest BCUT2D eigenvalue weighted by molar-refractivity contribution is 7.88. The highest BCUT2D eigenvalue weighted by atomic mass is 32.2. The van der Waals surface area contributed by atoms with Gasteiger partial charge in [0.1, 0.15) is 0 Å². The summed E-state index contributed by atoms with van der Waals surface area (Å²) in [6, 6.07) is 9.89. The van der Waals surface area contributed by atoms with E-state index in [2.05, 4.69) is 5.32 Å². The predicted octanol–water partition coefficient (Wildman–Crippen LogP) is 2.10. The lowest BCUT2D eigenvalue weighted by Gasteiger charge is -2.35. The molecule has 23 heavy (non-hydrogen) atoms. The first kappa shape index (κ1) is 17.9. The summed E-state index contributed by atoms with van der Waals surface area (Å²) in [5, 5.41) is 3.14. The van der Waals surface area contributed by atoms with Crippen molar-refractivity contribution in [3.8, 4) is 0 Å². The molecular formula is C17H26N2O3S. The molecule has 1 aromatic rings. The third-order valence-electron chi connectivity index (χ3n) is 4.74. The Kier molecular flexibility index (Phi) is 5.47. The van der Waals surface area contributed by atoms with Crippen LogP contribution in [-0.4, -0.2) is 38.0 Å². The molecule has 0 radical (unpaired) electrons. The maximum Gasteiger partial charge on any atom is 0.225 e. The van der Waals surface area contributed by atoms with Crippen LogP contribution in [0.25, 0.3) is 0 Å². The molecule has 6 heteroatoms. The van der Waals surface area contributed by atoms with Gasteiger partial charge in [0.05, 0.1) is 17.7 Å². The van der Waals surface area contributed by atoms with E-state index in [4.69, 9.17) is 0 Å². The Bertz CT molecular complexity index is 645. The zero-order chi connectivity index (χ0) is 17.1. The van der Waals surface area contributed by atoms with Crippen LogP contribution in [0.1, 0.15) is 38.7 Å². The van der Waals surface area contributed by atoms with E-state index in [0.717, 1.165) is 24.8 Å². The van der Waals surface area contributed by atoms with E-state index < -0.39 is 15.6 Å². The summed E-state index contributed by atoms with van der Waals surface area (Å²) in [5.41, 5.74) is 0.623. The van der Waals surface area contributed by atoms with Gasteiger partial charge in [-0.2, -0.15) is 0 Å². The van der Waals surface area contributed by atoms with Gasteiger partial charge in [0.25, 0.3) is 0 Å². The molecule has 1 aliphatic heterocycles. The number of nitrogens with one attached hydrogen (secondary N) is 1. The van der Waals surface area contributed by atoms with Gasteiger partial charge in [-0.05, 0) is 31.7 Å². The molecule has 0 aliphatic carbocycles. The van der Waals surface area contributed by atoms with Gasteiger partial charge >= 0.3 is 0 Å². The predicted molar refractivity (Wildman–Crippen MR) is 91.4 cm³/mol. The number of carbonyl (C=O) groups excluding carboxylic acids is 1. The molecule has 2 rings (SSSR count). The topological polar surface area (TPSA) is 66.5 Å². The van der Waals surface area contributed by atoms with Crippen LogP contribution in [0.4, 0.5) is 0 Å². The molecule has 2 atom stereocenters. The van der Waals surface area contributed by atoms with Crippen LogP contribution in [0.3, 0.4) is 0 Å². The first-order valence-corrected chi connectivity index (χ1v) is 9.94. The number of rotatable bonds is 5. The standard InChI is InChI=1S/C17H26N2O3S/c1-4-17(2,15-10-6-5-7-11-15)18-16(20)14-9-8-12-19(13-14)23(3,21)22/h5-7,10-11,14H,4,8-9,12-13H2,1-3H3,(H,18,20)/t14-,17-/m1/s1. The lowest BCUT2D eigenvalue weighted by atomic mass is 9.88. The number of hydrogen-bond acceptors (Lipinski definition) is 3. The average molecular weight is 338 g/mol. The summed E-state index contributed by atoms with van der Waals surface area (Å²) < 4.78 is 24.8. The molecule has 0 saturated carbocycles. The minimum atomic E-state index is -3.24. The number of hydrogen-bond donors (Lipinski definition) is 1. The van der Waals surface area contributed by atoms with E-state index >= 15 is 0 Å². The van der Waals surface area contributed by atoms with E-state index in [0.29, 0.717) is 6.54 Å². The number of carbonyl (C=O) groups is 1. The summed E-state index contributed by atoms with van der Waals surface area (Å²) in [7, 11) is -3.24. The quantitative estimate of drug-likeness (QED) is 0.894. The van der Waals surface area contributed by atoms with Crippen molar-refractivity contribution >= 4 is 15.9 Å². The zero-order valence-corrected chi connectivity index (χ0v) is 14.9. The fourth-order valence-electron chi connectivity index (χ4n) is 3.00. The molecule has 1 aromatic carbocycles. The molecule has 0 unspecified atom stereocenters. The van der Waals surface area contributed by atoms with Gasteiger partial charge in [0.2, 0.25) is 15.9 Å². The minimum absolute atomic E-state index is 0.0634. The zero-order valence-electron chi connectivity index (χ0n) is 14.1. The Labute approximate surface area is 139 Å². The molecule has 1 fully saturated rings. The Morgan fingerprint density at radius 3 is 2.57 bits per heavy atom. The van der Waals surface area contributed by atoms with Gasteiger partial charge in [-0.15, -0.1) is 0 Å². The normalized spacial score (nSPS) is 22.3. The molecular weight excluding hydrogens is 312 g/mol. The van der Waals surface area contributed by atoms with Crippen molar-refractivity contribution in [2.45, 2.75) is 38.6 Å². The van der Waals surface area contributed by atoms with Gasteiger partial charge in [0, 0.05) is 13.1 Å². The van der Waals surface area contributed by atoms with E-state index in [1.165, 1.54) is 10.6 Å². The van der Waals surface area contributed by atoms with Gasteiger partial charge in [-0.3, -0.25) is 4.79 Å². The fraction of sp³-hybridized carbons (Fsp3) is 0.588. The van der Waals surface area contributed by atoms with Crippen LogP contribution in [0.15, 0.2) is 30.3 Å². The second-order valence-electron chi connectivity index (χ2n) is 6.50. The van der Waals surface area contributed by atoms with Crippen LogP contribution in [-0.2, 0) is 20.4 Å². The van der Waals surface area contributed by atoms with Crippen LogP contribution >= 0.6 is 0 Å². The molecule has 1 N–H and O–H groups in total. The first-order chi connectivity index (χ1) is 10.8. The smallest absolute Gasteiger partial charge is 0.225 e. The number of piperidine rings is 1. The fourth-order valence-corrected chi connectivity index (χ4v) is 3.91. The van der Waals surface area contributed by atoms with E-state index in [9.17, 15) is 13.2 Å². The summed E-state index contributed by atoms with van der Waals surface area (Å²) in [4.78, 5) is 12.7. The minimum Gasteiger partial charge on any atom is -0.347 e. The molecule has 0 spiro atoms. The average Bonchev–Trinajstić information content (AvgIpc) is 2.55. The molecule has 128 valence electrons. The number of nitrogens with zero attached hydrogens (tertiary/aromatic N) is 1. The van der Waals surface area contributed by atoms with E-state index in [-0.39, 0.29) is 18.4 Å². The summed E-state index contributed by atoms with van der Waals surface area (Å²) >= 11 is 0. The Morgan fingerprint density at radius 2 is 2.00 bits per heavy atom. The number of amides is 1. The van der Waals surface area contributed by atoms with E-state index in [1.807, 2.05) is 44.2 Å².